The number of hydrogen-bond acceptors (Lipinski definition) is 3. The fraction of sp³-hybridized carbons (Fsp3) is 0.571. The van der Waals surface area contributed by atoms with Crippen molar-refractivity contribution < 1.29 is 0 Å². The highest BCUT2D eigenvalue weighted by Crippen LogP contribution is 2.19. The maximum atomic E-state index is 6.04. The van der Waals surface area contributed by atoms with E-state index in [2.05, 4.69) is 57.3 Å². The molecule has 0 aliphatic rings. The predicted molar refractivity (Wildman–Crippen MR) is 76.2 cm³/mol. The van der Waals surface area contributed by atoms with Crippen LogP contribution in [0.5, 0.6) is 0 Å². The molecule has 0 heterocycles. The maximum Gasteiger partial charge on any atom is 0.0521 e. The van der Waals surface area contributed by atoms with Gasteiger partial charge in [-0.2, -0.15) is 0 Å². The Bertz CT molecular complexity index is 321. The molecule has 0 radical (unpaired) electrons. The minimum atomic E-state index is 0.364. The second kappa shape index (κ2) is 6.50. The number of hydrogen-bond donors (Lipinski definition) is 2. The highest BCUT2D eigenvalue weighted by atomic mass is 15.4. The van der Waals surface area contributed by atoms with E-state index in [4.69, 9.17) is 5.84 Å². The molecule has 0 amide bonds. The molecule has 0 aromatic heterocycles. The van der Waals surface area contributed by atoms with E-state index >= 15 is 0 Å². The summed E-state index contributed by atoms with van der Waals surface area (Å²) in [5.41, 5.74) is 2.22. The van der Waals surface area contributed by atoms with Crippen LogP contribution in [0.25, 0.3) is 0 Å². The van der Waals surface area contributed by atoms with Crippen molar-refractivity contribution in [1.82, 2.24) is 0 Å². The summed E-state index contributed by atoms with van der Waals surface area (Å²) in [6.07, 6.45) is 2.17. The maximum absolute atomic E-state index is 6.04. The van der Waals surface area contributed by atoms with Gasteiger partial charge in [0.25, 0.3) is 0 Å². The zero-order valence-electron chi connectivity index (χ0n) is 11.4. The molecule has 0 saturated heterocycles. The van der Waals surface area contributed by atoms with Gasteiger partial charge in [-0.15, -0.1) is 0 Å². The van der Waals surface area contributed by atoms with Crippen molar-refractivity contribution >= 4 is 11.4 Å². The Hall–Kier alpha value is -1.22. The zero-order valence-corrected chi connectivity index (χ0v) is 11.4. The molecule has 0 saturated carbocycles. The molecule has 3 N–H and O–H groups in total. The van der Waals surface area contributed by atoms with Gasteiger partial charge in [-0.3, -0.25) is 0 Å². The second-order valence-electron chi connectivity index (χ2n) is 4.67. The largest absolute Gasteiger partial charge is 0.383 e. The Morgan fingerprint density at radius 3 is 2.18 bits per heavy atom. The van der Waals surface area contributed by atoms with E-state index in [1.807, 2.05) is 5.01 Å². The summed E-state index contributed by atoms with van der Waals surface area (Å²) in [6, 6.07) is 9.18. The summed E-state index contributed by atoms with van der Waals surface area (Å²) in [6.45, 7) is 8.63. The number of rotatable bonds is 6. The van der Waals surface area contributed by atoms with Gasteiger partial charge in [-0.1, -0.05) is 13.8 Å². The van der Waals surface area contributed by atoms with Crippen molar-refractivity contribution in [2.24, 2.45) is 5.84 Å². The summed E-state index contributed by atoms with van der Waals surface area (Å²) >= 11 is 0. The van der Waals surface area contributed by atoms with Gasteiger partial charge >= 0.3 is 0 Å². The van der Waals surface area contributed by atoms with E-state index in [1.54, 1.807) is 0 Å². The highest BCUT2D eigenvalue weighted by molar-refractivity contribution is 5.55. The molecule has 3 heteroatoms. The van der Waals surface area contributed by atoms with Crippen LogP contribution < -0.4 is 16.2 Å². The first-order chi connectivity index (χ1) is 8.08. The number of nitrogens with two attached hydrogens (primary N) is 1. The standard InChI is InChI=1S/C14H25N3/c1-5-11(3)16-13-7-9-14(10-8-13)17(15)12(4)6-2/h7-12,16H,5-6,15H2,1-4H3. The van der Waals surface area contributed by atoms with Crippen molar-refractivity contribution in [3.8, 4) is 0 Å². The molecule has 1 rings (SSSR count). The third-order valence-electron chi connectivity index (χ3n) is 3.26. The third-order valence-corrected chi connectivity index (χ3v) is 3.26. The first-order valence-corrected chi connectivity index (χ1v) is 6.49. The molecular formula is C14H25N3. The van der Waals surface area contributed by atoms with Crippen molar-refractivity contribution in [3.05, 3.63) is 24.3 Å². The average molecular weight is 235 g/mol. The number of hydrazine groups is 1. The van der Waals surface area contributed by atoms with Crippen molar-refractivity contribution in [2.45, 2.75) is 52.6 Å². The molecule has 0 aliphatic heterocycles. The lowest BCUT2D eigenvalue weighted by Gasteiger charge is -2.25. The van der Waals surface area contributed by atoms with Gasteiger partial charge in [0.1, 0.15) is 0 Å². The summed E-state index contributed by atoms with van der Waals surface area (Å²) in [4.78, 5) is 0. The van der Waals surface area contributed by atoms with Crippen LogP contribution in [0.4, 0.5) is 11.4 Å². The monoisotopic (exact) mass is 235 g/mol. The highest BCUT2D eigenvalue weighted by Gasteiger charge is 2.08. The number of nitrogens with one attached hydrogen (secondary N) is 1. The van der Waals surface area contributed by atoms with Crippen LogP contribution in [0.2, 0.25) is 0 Å². The van der Waals surface area contributed by atoms with Gasteiger partial charge in [-0.25, -0.2) is 5.84 Å². The minimum Gasteiger partial charge on any atom is -0.383 e. The Morgan fingerprint density at radius 2 is 1.71 bits per heavy atom. The van der Waals surface area contributed by atoms with Crippen LogP contribution in [0.1, 0.15) is 40.5 Å². The molecule has 1 aromatic carbocycles. The van der Waals surface area contributed by atoms with Crippen LogP contribution in [-0.4, -0.2) is 12.1 Å². The zero-order chi connectivity index (χ0) is 12.8. The van der Waals surface area contributed by atoms with Gasteiger partial charge in [0, 0.05) is 17.8 Å². The van der Waals surface area contributed by atoms with Crippen molar-refractivity contribution in [2.75, 3.05) is 10.3 Å². The molecule has 2 unspecified atom stereocenters. The Labute approximate surface area is 105 Å². The fourth-order valence-electron chi connectivity index (χ4n) is 1.57. The van der Waals surface area contributed by atoms with E-state index in [0.29, 0.717) is 12.1 Å². The van der Waals surface area contributed by atoms with Crippen LogP contribution in [0.3, 0.4) is 0 Å². The quantitative estimate of drug-likeness (QED) is 0.586. The topological polar surface area (TPSA) is 41.3 Å². The van der Waals surface area contributed by atoms with Crippen LogP contribution in [0, 0.1) is 0 Å². The smallest absolute Gasteiger partial charge is 0.0521 e. The Morgan fingerprint density at radius 1 is 1.12 bits per heavy atom. The predicted octanol–water partition coefficient (Wildman–Crippen LogP) is 3.38. The molecular weight excluding hydrogens is 210 g/mol. The van der Waals surface area contributed by atoms with Crippen molar-refractivity contribution in [1.29, 1.82) is 0 Å². The third kappa shape index (κ3) is 3.93. The van der Waals surface area contributed by atoms with Gasteiger partial charge < -0.3 is 10.3 Å². The number of benzene rings is 1. The van der Waals surface area contributed by atoms with Crippen LogP contribution in [-0.2, 0) is 0 Å². The first kappa shape index (κ1) is 13.8. The van der Waals surface area contributed by atoms with Gasteiger partial charge in [0.05, 0.1) is 5.69 Å². The van der Waals surface area contributed by atoms with Gasteiger partial charge in [0.2, 0.25) is 0 Å². The first-order valence-electron chi connectivity index (χ1n) is 6.49. The van der Waals surface area contributed by atoms with Gasteiger partial charge in [0.15, 0.2) is 0 Å². The van der Waals surface area contributed by atoms with E-state index in [-0.39, 0.29) is 0 Å². The summed E-state index contributed by atoms with van der Waals surface area (Å²) in [7, 11) is 0. The van der Waals surface area contributed by atoms with E-state index < -0.39 is 0 Å². The second-order valence-corrected chi connectivity index (χ2v) is 4.67. The average Bonchev–Trinajstić information content (AvgIpc) is 2.37. The fourth-order valence-corrected chi connectivity index (χ4v) is 1.57. The molecule has 1 aromatic rings. The SMILES string of the molecule is CCC(C)Nc1ccc(N(N)C(C)CC)cc1. The van der Waals surface area contributed by atoms with Gasteiger partial charge in [-0.05, 0) is 51.0 Å². The molecule has 0 aliphatic carbocycles. The van der Waals surface area contributed by atoms with E-state index in [0.717, 1.165) is 24.2 Å². The molecule has 96 valence electrons. The number of anilines is 2. The molecule has 3 nitrogen and oxygen atoms in total. The summed E-state index contributed by atoms with van der Waals surface area (Å²) < 4.78 is 0. The normalized spacial score (nSPS) is 14.2. The lowest BCUT2D eigenvalue weighted by atomic mass is 10.2. The van der Waals surface area contributed by atoms with E-state index in [1.165, 1.54) is 0 Å². The molecule has 0 bridgehead atoms. The van der Waals surface area contributed by atoms with E-state index in [9.17, 15) is 0 Å². The lowest BCUT2D eigenvalue weighted by molar-refractivity contribution is 0.633. The summed E-state index contributed by atoms with van der Waals surface area (Å²) in [5, 5.41) is 5.27. The van der Waals surface area contributed by atoms with Crippen molar-refractivity contribution in [3.63, 3.8) is 0 Å². The molecule has 17 heavy (non-hydrogen) atoms. The van der Waals surface area contributed by atoms with Crippen LogP contribution >= 0.6 is 0 Å². The summed E-state index contributed by atoms with van der Waals surface area (Å²) in [5.74, 6) is 6.04. The lowest BCUT2D eigenvalue weighted by Crippen LogP contribution is -2.38. The molecule has 2 atom stereocenters. The minimum absolute atomic E-state index is 0.364. The molecule has 0 fully saturated rings. The Kier molecular flexibility index (Phi) is 5.29. The number of nitrogens with zero attached hydrogens (tertiary/aromatic N) is 1. The van der Waals surface area contributed by atoms with Crippen LogP contribution in [0.15, 0.2) is 24.3 Å². The Balaban J connectivity index is 2.67. The molecule has 0 spiro atoms.